The number of allylic oxidation sites excluding steroid dienone is 1. The smallest absolute Gasteiger partial charge is 0.338 e. The minimum absolute atomic E-state index is 0.130. The third-order valence-corrected chi connectivity index (χ3v) is 2.95. The first-order valence-corrected chi connectivity index (χ1v) is 6.24. The molecule has 2 rings (SSSR count). The van der Waals surface area contributed by atoms with Gasteiger partial charge in [0.1, 0.15) is 6.61 Å². The summed E-state index contributed by atoms with van der Waals surface area (Å²) in [4.78, 5) is 23.8. The van der Waals surface area contributed by atoms with Crippen LogP contribution in [0.1, 0.15) is 18.5 Å². The number of carbonyl (C=O) groups excluding carboxylic acids is 2. The summed E-state index contributed by atoms with van der Waals surface area (Å²) in [5, 5.41) is 5.33. The molecule has 0 bridgehead atoms. The fourth-order valence-electron chi connectivity index (χ4n) is 2.07. The largest absolute Gasteiger partial charge is 0.458 e. The molecule has 1 heterocycles. The highest BCUT2D eigenvalue weighted by Gasteiger charge is 2.31. The molecule has 0 spiro atoms. The molecule has 1 atom stereocenters. The van der Waals surface area contributed by atoms with Gasteiger partial charge in [0.25, 0.3) is 0 Å². The van der Waals surface area contributed by atoms with Crippen molar-refractivity contribution in [3.63, 3.8) is 0 Å². The van der Waals surface area contributed by atoms with Gasteiger partial charge in [-0.25, -0.2) is 9.59 Å². The Kier molecular flexibility index (Phi) is 4.20. The van der Waals surface area contributed by atoms with E-state index in [2.05, 4.69) is 17.2 Å². The van der Waals surface area contributed by atoms with Gasteiger partial charge in [-0.3, -0.25) is 0 Å². The van der Waals surface area contributed by atoms with E-state index in [-0.39, 0.29) is 12.6 Å². The molecule has 20 heavy (non-hydrogen) atoms. The van der Waals surface area contributed by atoms with E-state index >= 15 is 0 Å². The number of esters is 1. The Balaban J connectivity index is 2.36. The summed E-state index contributed by atoms with van der Waals surface area (Å²) in [6.45, 7) is 5.32. The van der Waals surface area contributed by atoms with Crippen molar-refractivity contribution in [3.8, 4) is 0 Å². The van der Waals surface area contributed by atoms with E-state index in [0.29, 0.717) is 11.3 Å². The summed E-state index contributed by atoms with van der Waals surface area (Å²) in [6.07, 6.45) is 1.50. The van der Waals surface area contributed by atoms with Gasteiger partial charge in [-0.2, -0.15) is 0 Å². The number of carbonyl (C=O) groups is 2. The van der Waals surface area contributed by atoms with E-state index in [9.17, 15) is 9.59 Å². The van der Waals surface area contributed by atoms with Crippen molar-refractivity contribution in [1.82, 2.24) is 10.6 Å². The molecule has 1 aromatic rings. The number of amides is 2. The second-order valence-corrected chi connectivity index (χ2v) is 4.37. The quantitative estimate of drug-likeness (QED) is 0.651. The maximum absolute atomic E-state index is 12.1. The van der Waals surface area contributed by atoms with Crippen molar-refractivity contribution in [3.05, 3.63) is 59.8 Å². The number of hydrogen-bond acceptors (Lipinski definition) is 3. The average molecular weight is 272 g/mol. The monoisotopic (exact) mass is 272 g/mol. The van der Waals surface area contributed by atoms with Crippen LogP contribution >= 0.6 is 0 Å². The molecule has 0 unspecified atom stereocenters. The van der Waals surface area contributed by atoms with Gasteiger partial charge in [-0.05, 0) is 12.5 Å². The molecular formula is C15H16N2O3. The van der Waals surface area contributed by atoms with Crippen molar-refractivity contribution in [2.24, 2.45) is 0 Å². The highest BCUT2D eigenvalue weighted by atomic mass is 16.5. The lowest BCUT2D eigenvalue weighted by atomic mass is 9.96. The number of nitrogens with one attached hydrogen (secondary N) is 2. The summed E-state index contributed by atoms with van der Waals surface area (Å²) in [6, 6.07) is 8.43. The molecule has 5 nitrogen and oxygen atoms in total. The zero-order chi connectivity index (χ0) is 14.5. The lowest BCUT2D eigenvalue weighted by Crippen LogP contribution is -2.45. The van der Waals surface area contributed by atoms with Crippen LogP contribution in [0.2, 0.25) is 0 Å². The predicted molar refractivity (Wildman–Crippen MR) is 74.7 cm³/mol. The maximum atomic E-state index is 12.1. The van der Waals surface area contributed by atoms with E-state index in [1.807, 2.05) is 30.3 Å². The molecule has 1 aromatic carbocycles. The first-order chi connectivity index (χ1) is 9.63. The topological polar surface area (TPSA) is 67.4 Å². The molecular weight excluding hydrogens is 256 g/mol. The molecule has 0 saturated carbocycles. The third-order valence-electron chi connectivity index (χ3n) is 2.95. The van der Waals surface area contributed by atoms with Crippen molar-refractivity contribution in [2.75, 3.05) is 6.61 Å². The molecule has 0 fully saturated rings. The van der Waals surface area contributed by atoms with Gasteiger partial charge < -0.3 is 15.4 Å². The minimum atomic E-state index is -0.512. The molecule has 2 N–H and O–H groups in total. The van der Waals surface area contributed by atoms with Gasteiger partial charge in [-0.15, -0.1) is 0 Å². The first kappa shape index (κ1) is 13.9. The van der Waals surface area contributed by atoms with Gasteiger partial charge in [0.15, 0.2) is 0 Å². The second kappa shape index (κ2) is 6.06. The minimum Gasteiger partial charge on any atom is -0.458 e. The van der Waals surface area contributed by atoms with Crippen LogP contribution in [-0.4, -0.2) is 18.6 Å². The van der Waals surface area contributed by atoms with Crippen molar-refractivity contribution >= 4 is 12.0 Å². The Bertz CT molecular complexity index is 564. The number of ether oxygens (including phenoxy) is 1. The normalized spacial score (nSPS) is 18.1. The zero-order valence-electron chi connectivity index (χ0n) is 11.2. The summed E-state index contributed by atoms with van der Waals surface area (Å²) < 4.78 is 5.08. The Hall–Kier alpha value is -2.56. The molecule has 0 aromatic heterocycles. The highest BCUT2D eigenvalue weighted by molar-refractivity contribution is 5.95. The van der Waals surface area contributed by atoms with Gasteiger partial charge in [0.05, 0.1) is 11.6 Å². The number of urea groups is 1. The lowest BCUT2D eigenvalue weighted by molar-refractivity contribution is -0.138. The Morgan fingerprint density at radius 1 is 1.40 bits per heavy atom. The Labute approximate surface area is 117 Å². The maximum Gasteiger partial charge on any atom is 0.338 e. The Morgan fingerprint density at radius 3 is 2.75 bits per heavy atom. The first-order valence-electron chi connectivity index (χ1n) is 6.24. The van der Waals surface area contributed by atoms with Crippen LogP contribution in [0.3, 0.4) is 0 Å². The van der Waals surface area contributed by atoms with Crippen molar-refractivity contribution < 1.29 is 14.3 Å². The molecule has 0 saturated heterocycles. The zero-order valence-corrected chi connectivity index (χ0v) is 11.2. The van der Waals surface area contributed by atoms with Gasteiger partial charge in [-0.1, -0.05) is 43.0 Å². The molecule has 0 aliphatic carbocycles. The highest BCUT2D eigenvalue weighted by Crippen LogP contribution is 2.27. The fraction of sp³-hybridized carbons (Fsp3) is 0.200. The fourth-order valence-corrected chi connectivity index (χ4v) is 2.07. The van der Waals surface area contributed by atoms with E-state index in [4.69, 9.17) is 4.74 Å². The van der Waals surface area contributed by atoms with Gasteiger partial charge in [0, 0.05) is 5.70 Å². The van der Waals surface area contributed by atoms with E-state index < -0.39 is 12.0 Å². The van der Waals surface area contributed by atoms with Gasteiger partial charge >= 0.3 is 12.0 Å². The van der Waals surface area contributed by atoms with E-state index in [1.54, 1.807) is 6.92 Å². The van der Waals surface area contributed by atoms with Crippen molar-refractivity contribution in [2.45, 2.75) is 13.0 Å². The summed E-state index contributed by atoms with van der Waals surface area (Å²) in [7, 11) is 0. The SMILES string of the molecule is C=CCOC(=O)C1=C(C)NC(=O)N[C@H]1c1ccccc1. The number of benzene rings is 1. The molecule has 0 radical (unpaired) electrons. The van der Waals surface area contributed by atoms with Crippen LogP contribution in [0.4, 0.5) is 4.79 Å². The predicted octanol–water partition coefficient (Wildman–Crippen LogP) is 2.04. The van der Waals surface area contributed by atoms with Crippen LogP contribution in [-0.2, 0) is 9.53 Å². The van der Waals surface area contributed by atoms with Gasteiger partial charge in [0.2, 0.25) is 0 Å². The molecule has 5 heteroatoms. The summed E-state index contributed by atoms with van der Waals surface area (Å²) >= 11 is 0. The molecule has 1 aliphatic rings. The van der Waals surface area contributed by atoms with Crippen LogP contribution < -0.4 is 10.6 Å². The number of rotatable bonds is 4. The van der Waals surface area contributed by atoms with Crippen LogP contribution in [0.25, 0.3) is 0 Å². The summed E-state index contributed by atoms with van der Waals surface area (Å²) in [5.74, 6) is -0.469. The molecule has 104 valence electrons. The number of hydrogen-bond donors (Lipinski definition) is 2. The average Bonchev–Trinajstić information content (AvgIpc) is 2.45. The Morgan fingerprint density at radius 2 is 2.10 bits per heavy atom. The van der Waals surface area contributed by atoms with E-state index in [0.717, 1.165) is 5.56 Å². The van der Waals surface area contributed by atoms with Crippen LogP contribution in [0.15, 0.2) is 54.3 Å². The summed E-state index contributed by atoms with van der Waals surface area (Å²) in [5.41, 5.74) is 1.72. The van der Waals surface area contributed by atoms with Crippen LogP contribution in [0, 0.1) is 0 Å². The molecule has 2 amide bonds. The third kappa shape index (κ3) is 2.88. The lowest BCUT2D eigenvalue weighted by Gasteiger charge is -2.28. The molecule has 1 aliphatic heterocycles. The second-order valence-electron chi connectivity index (χ2n) is 4.37. The van der Waals surface area contributed by atoms with Crippen molar-refractivity contribution in [1.29, 1.82) is 0 Å². The van der Waals surface area contributed by atoms with E-state index in [1.165, 1.54) is 6.08 Å². The van der Waals surface area contributed by atoms with Crippen LogP contribution in [0.5, 0.6) is 0 Å². The standard InChI is InChI=1S/C15H16N2O3/c1-3-9-20-14(18)12-10(2)16-15(19)17-13(12)11-7-5-4-6-8-11/h3-8,13H,1,9H2,2H3,(H2,16,17,19)/t13-/m0/s1.